The van der Waals surface area contributed by atoms with E-state index in [1.165, 1.54) is 54.6 Å². The first kappa shape index (κ1) is 28.1. The molecule has 0 aliphatic heterocycles. The van der Waals surface area contributed by atoms with Crippen LogP contribution in [0.4, 0.5) is 22.0 Å². The second-order valence-corrected chi connectivity index (χ2v) is 7.59. The molecule has 0 bridgehead atoms. The van der Waals surface area contributed by atoms with Gasteiger partial charge in [0.2, 0.25) is 0 Å². The second-order valence-electron chi connectivity index (χ2n) is 7.59. The summed E-state index contributed by atoms with van der Waals surface area (Å²) in [5.41, 5.74) is -0.482. The number of nitrogens with one attached hydrogen (secondary N) is 2. The molecule has 12 heteroatoms. The third kappa shape index (κ3) is 8.30. The number of aliphatic hydroxyl groups excluding tert-OH is 1. The van der Waals surface area contributed by atoms with Gasteiger partial charge in [-0.2, -0.15) is 22.0 Å². The van der Waals surface area contributed by atoms with E-state index < -0.39 is 30.2 Å². The highest BCUT2D eigenvalue weighted by molar-refractivity contribution is 6.05. The first-order chi connectivity index (χ1) is 18.0. The number of rotatable bonds is 10. The number of carbonyl (C=O) groups excluding carboxylic acids is 2. The van der Waals surface area contributed by atoms with Crippen LogP contribution in [0.5, 0.6) is 17.2 Å². The molecule has 0 aliphatic rings. The molecular weight excluding hydrogens is 515 g/mol. The molecule has 0 fully saturated rings. The maximum Gasteiger partial charge on any atom is 0.416 e. The molecule has 2 amide bonds. The first-order valence-electron chi connectivity index (χ1n) is 11.0. The lowest BCUT2D eigenvalue weighted by molar-refractivity contribution is -0.137. The topological polar surface area (TPSA) is 96.9 Å². The predicted molar refractivity (Wildman–Crippen MR) is 127 cm³/mol. The minimum atomic E-state index is -4.47. The summed E-state index contributed by atoms with van der Waals surface area (Å²) in [5.74, 6) is -1.06. The van der Waals surface area contributed by atoms with E-state index in [4.69, 9.17) is 9.84 Å². The van der Waals surface area contributed by atoms with Gasteiger partial charge in [-0.3, -0.25) is 9.59 Å². The predicted octanol–water partition coefficient (Wildman–Crippen LogP) is 4.98. The summed E-state index contributed by atoms with van der Waals surface area (Å²) < 4.78 is 72.6. The minimum Gasteiger partial charge on any atom is -0.457 e. The Hall–Kier alpha value is -4.45. The fraction of sp³-hybridized carbons (Fsp3) is 0.154. The normalized spacial score (nSPS) is 11.7. The van der Waals surface area contributed by atoms with E-state index in [2.05, 4.69) is 15.4 Å². The van der Waals surface area contributed by atoms with E-state index in [1.807, 2.05) is 0 Å². The van der Waals surface area contributed by atoms with Crippen molar-refractivity contribution >= 4 is 17.9 Å². The van der Waals surface area contributed by atoms with Crippen LogP contribution < -0.4 is 20.1 Å². The molecular formula is C26H21F5N2O5. The van der Waals surface area contributed by atoms with Crippen molar-refractivity contribution < 1.29 is 46.1 Å². The van der Waals surface area contributed by atoms with Gasteiger partial charge < -0.3 is 25.2 Å². The fourth-order valence-electron chi connectivity index (χ4n) is 3.05. The van der Waals surface area contributed by atoms with E-state index in [0.29, 0.717) is 5.56 Å². The Kier molecular flexibility index (Phi) is 9.39. The van der Waals surface area contributed by atoms with Crippen molar-refractivity contribution in [1.29, 1.82) is 0 Å². The first-order valence-corrected chi connectivity index (χ1v) is 11.0. The van der Waals surface area contributed by atoms with Crippen LogP contribution in [0.15, 0.2) is 78.5 Å². The number of halogens is 5. The van der Waals surface area contributed by atoms with Gasteiger partial charge in [-0.05, 0) is 72.3 Å². The largest absolute Gasteiger partial charge is 0.457 e. The van der Waals surface area contributed by atoms with Crippen molar-refractivity contribution in [3.05, 3.63) is 95.2 Å². The fourth-order valence-corrected chi connectivity index (χ4v) is 3.05. The highest BCUT2D eigenvalue weighted by Gasteiger charge is 2.30. The highest BCUT2D eigenvalue weighted by Crippen LogP contribution is 2.31. The van der Waals surface area contributed by atoms with Gasteiger partial charge in [0, 0.05) is 12.1 Å². The number of benzene rings is 3. The third-order valence-corrected chi connectivity index (χ3v) is 4.84. The van der Waals surface area contributed by atoms with Crippen LogP contribution in [-0.2, 0) is 11.0 Å². The lowest BCUT2D eigenvalue weighted by Gasteiger charge is -2.12. The van der Waals surface area contributed by atoms with Crippen LogP contribution in [-0.4, -0.2) is 36.7 Å². The number of hydrogen-bond donors (Lipinski definition) is 3. The molecule has 7 nitrogen and oxygen atoms in total. The Balaban J connectivity index is 1.72. The van der Waals surface area contributed by atoms with E-state index in [0.717, 1.165) is 24.3 Å². The van der Waals surface area contributed by atoms with E-state index in [-0.39, 0.29) is 41.7 Å². The molecule has 200 valence electrons. The smallest absolute Gasteiger partial charge is 0.416 e. The van der Waals surface area contributed by atoms with Crippen LogP contribution >= 0.6 is 0 Å². The quantitative estimate of drug-likeness (QED) is 0.251. The molecule has 0 spiro atoms. The van der Waals surface area contributed by atoms with Crippen LogP contribution in [0.3, 0.4) is 0 Å². The van der Waals surface area contributed by atoms with Crippen molar-refractivity contribution in [2.45, 2.75) is 12.8 Å². The zero-order chi connectivity index (χ0) is 27.7. The second kappa shape index (κ2) is 12.7. The maximum atomic E-state index is 12.8. The van der Waals surface area contributed by atoms with Crippen LogP contribution in [0, 0.1) is 0 Å². The zero-order valence-corrected chi connectivity index (χ0v) is 19.5. The van der Waals surface area contributed by atoms with Crippen molar-refractivity contribution in [1.82, 2.24) is 10.6 Å². The molecule has 0 atom stereocenters. The number of ether oxygens (including phenoxy) is 2. The zero-order valence-electron chi connectivity index (χ0n) is 19.5. The highest BCUT2D eigenvalue weighted by atomic mass is 19.4. The van der Waals surface area contributed by atoms with Crippen LogP contribution in [0.25, 0.3) is 6.08 Å². The third-order valence-electron chi connectivity index (χ3n) is 4.84. The molecule has 38 heavy (non-hydrogen) atoms. The SMILES string of the molecule is O=C(NCCO)/C(=C/c1ccc(OC(F)F)cc1)NC(=O)c1ccc(Oc2ccc(C(F)(F)F)cc2)cc1. The molecule has 0 radical (unpaired) electrons. The molecule has 0 saturated heterocycles. The summed E-state index contributed by atoms with van der Waals surface area (Å²) in [6.07, 6.45) is -3.17. The summed E-state index contributed by atoms with van der Waals surface area (Å²) in [4.78, 5) is 25.3. The van der Waals surface area contributed by atoms with Crippen molar-refractivity contribution in [3.63, 3.8) is 0 Å². The number of alkyl halides is 5. The number of hydrogen-bond acceptors (Lipinski definition) is 5. The van der Waals surface area contributed by atoms with E-state index in [1.54, 1.807) is 0 Å². The van der Waals surface area contributed by atoms with Crippen molar-refractivity contribution in [2.75, 3.05) is 13.2 Å². The number of aliphatic hydroxyl groups is 1. The molecule has 3 aromatic rings. The number of carbonyl (C=O) groups is 2. The summed E-state index contributed by atoms with van der Waals surface area (Å²) in [7, 11) is 0. The molecule has 0 heterocycles. The molecule has 3 N–H and O–H groups in total. The number of amides is 2. The maximum absolute atomic E-state index is 12.8. The van der Waals surface area contributed by atoms with Gasteiger partial charge in [-0.25, -0.2) is 0 Å². The van der Waals surface area contributed by atoms with Crippen LogP contribution in [0.2, 0.25) is 0 Å². The van der Waals surface area contributed by atoms with Crippen molar-refractivity contribution in [3.8, 4) is 17.2 Å². The molecule has 0 aliphatic carbocycles. The van der Waals surface area contributed by atoms with Gasteiger partial charge >= 0.3 is 12.8 Å². The monoisotopic (exact) mass is 536 g/mol. The molecule has 0 unspecified atom stereocenters. The van der Waals surface area contributed by atoms with Gasteiger partial charge in [0.05, 0.1) is 12.2 Å². The average Bonchev–Trinajstić information content (AvgIpc) is 2.88. The summed E-state index contributed by atoms with van der Waals surface area (Å²) in [5, 5.41) is 13.8. The minimum absolute atomic E-state index is 0.0802. The Labute approximate surface area is 213 Å². The van der Waals surface area contributed by atoms with Gasteiger partial charge in [0.1, 0.15) is 22.9 Å². The summed E-state index contributed by atoms with van der Waals surface area (Å²) in [6, 6.07) is 15.0. The molecule has 3 aromatic carbocycles. The van der Waals surface area contributed by atoms with E-state index >= 15 is 0 Å². The Morgan fingerprint density at radius 3 is 1.95 bits per heavy atom. The molecule has 3 rings (SSSR count). The van der Waals surface area contributed by atoms with Crippen LogP contribution in [0.1, 0.15) is 21.5 Å². The average molecular weight is 536 g/mol. The van der Waals surface area contributed by atoms with Gasteiger partial charge in [0.15, 0.2) is 0 Å². The Bertz CT molecular complexity index is 1260. The molecule has 0 aromatic heterocycles. The molecule has 0 saturated carbocycles. The standard InChI is InChI=1S/C26H21F5N2O5/c27-25(28)38-21-7-1-16(2-8-21)15-22(24(36)32-13-14-34)33-23(35)17-3-9-19(10-4-17)37-20-11-5-18(6-12-20)26(29,30)31/h1-12,15,25,34H,13-14H2,(H,32,36)(H,33,35)/b22-15-. The van der Waals surface area contributed by atoms with Gasteiger partial charge in [0.25, 0.3) is 11.8 Å². The summed E-state index contributed by atoms with van der Waals surface area (Å²) in [6.45, 7) is -3.42. The van der Waals surface area contributed by atoms with E-state index in [9.17, 15) is 31.5 Å². The van der Waals surface area contributed by atoms with Gasteiger partial charge in [-0.1, -0.05) is 12.1 Å². The lowest BCUT2D eigenvalue weighted by atomic mass is 10.1. The van der Waals surface area contributed by atoms with Crippen molar-refractivity contribution in [2.24, 2.45) is 0 Å². The lowest BCUT2D eigenvalue weighted by Crippen LogP contribution is -2.36. The summed E-state index contributed by atoms with van der Waals surface area (Å²) >= 11 is 0. The Morgan fingerprint density at radius 2 is 1.42 bits per heavy atom. The Morgan fingerprint density at radius 1 is 0.868 bits per heavy atom. The van der Waals surface area contributed by atoms with Gasteiger partial charge in [-0.15, -0.1) is 0 Å².